The summed E-state index contributed by atoms with van der Waals surface area (Å²) in [5.41, 5.74) is 0.540. The molecule has 0 saturated carbocycles. The predicted molar refractivity (Wildman–Crippen MR) is 88.1 cm³/mol. The first-order valence-corrected chi connectivity index (χ1v) is 8.41. The maximum Gasteiger partial charge on any atom is 0.387 e. The zero-order valence-corrected chi connectivity index (χ0v) is 14.1. The number of benzene rings is 1. The summed E-state index contributed by atoms with van der Waals surface area (Å²) in [4.78, 5) is 24.6. The number of aromatic nitrogens is 3. The van der Waals surface area contributed by atoms with E-state index < -0.39 is 12.6 Å². The second kappa shape index (κ2) is 7.56. The van der Waals surface area contributed by atoms with Gasteiger partial charge in [0, 0.05) is 18.7 Å². The van der Waals surface area contributed by atoms with E-state index in [9.17, 15) is 18.4 Å². The van der Waals surface area contributed by atoms with Gasteiger partial charge in [0.25, 0.3) is 0 Å². The molecule has 0 atom stereocenters. The summed E-state index contributed by atoms with van der Waals surface area (Å²) in [6, 6.07) is 5.33. The highest BCUT2D eigenvalue weighted by Gasteiger charge is 2.26. The quantitative estimate of drug-likeness (QED) is 0.562. The minimum atomic E-state index is -2.91. The van der Waals surface area contributed by atoms with Crippen molar-refractivity contribution >= 4 is 23.7 Å². The highest BCUT2D eigenvalue weighted by molar-refractivity contribution is 7.99. The van der Waals surface area contributed by atoms with Crippen LogP contribution in [-0.2, 0) is 4.79 Å². The molecule has 2 aromatic rings. The number of nitrogen functional groups attached to an aromatic ring is 1. The van der Waals surface area contributed by atoms with E-state index in [1.807, 2.05) is 0 Å². The maximum absolute atomic E-state index is 12.2. The van der Waals surface area contributed by atoms with Crippen LogP contribution in [0.15, 0.2) is 29.4 Å². The molecule has 1 aromatic carbocycles. The van der Waals surface area contributed by atoms with Crippen LogP contribution in [0.2, 0.25) is 0 Å². The molecule has 3 N–H and O–H groups in total. The average Bonchev–Trinajstić information content (AvgIpc) is 3.19. The van der Waals surface area contributed by atoms with Crippen LogP contribution < -0.4 is 15.9 Å². The van der Waals surface area contributed by atoms with E-state index in [0.717, 1.165) is 16.7 Å². The second-order valence-electron chi connectivity index (χ2n) is 5.15. The molecule has 1 aromatic heterocycles. The zero-order chi connectivity index (χ0) is 18.7. The van der Waals surface area contributed by atoms with Crippen LogP contribution in [0, 0.1) is 0 Å². The van der Waals surface area contributed by atoms with Gasteiger partial charge in [-0.25, -0.2) is 9.47 Å². The van der Waals surface area contributed by atoms with Crippen LogP contribution in [0.1, 0.15) is 0 Å². The number of nitrogens with one attached hydrogen (secondary N) is 1. The fourth-order valence-electron chi connectivity index (χ4n) is 2.27. The average molecular weight is 384 g/mol. The summed E-state index contributed by atoms with van der Waals surface area (Å²) in [5, 5.41) is 10.7. The molecule has 1 fully saturated rings. The Morgan fingerprint density at radius 1 is 1.35 bits per heavy atom. The van der Waals surface area contributed by atoms with Gasteiger partial charge in [-0.05, 0) is 24.3 Å². The first kappa shape index (κ1) is 17.9. The number of carbonyl (C=O) groups is 2. The van der Waals surface area contributed by atoms with E-state index >= 15 is 0 Å². The topological polar surface area (TPSA) is 115 Å². The van der Waals surface area contributed by atoms with Crippen LogP contribution in [0.4, 0.5) is 13.6 Å². The SMILES string of the molecule is Nn1c(SCC(=O)N2CCNC2=O)nnc1-c1ccc(OC(F)F)cc1. The minimum absolute atomic E-state index is 0.0101. The third-order valence-electron chi connectivity index (χ3n) is 3.48. The Labute approximate surface area is 150 Å². The van der Waals surface area contributed by atoms with Crippen molar-refractivity contribution in [3.63, 3.8) is 0 Å². The van der Waals surface area contributed by atoms with Crippen molar-refractivity contribution in [2.24, 2.45) is 0 Å². The summed E-state index contributed by atoms with van der Waals surface area (Å²) < 4.78 is 29.8. The Kier molecular flexibility index (Phi) is 5.21. The number of nitrogens with zero attached hydrogens (tertiary/aromatic N) is 4. The van der Waals surface area contributed by atoms with Crippen LogP contribution in [-0.4, -0.2) is 57.2 Å². The normalized spacial score (nSPS) is 14.0. The number of urea groups is 1. The lowest BCUT2D eigenvalue weighted by Gasteiger charge is -2.11. The van der Waals surface area contributed by atoms with Gasteiger partial charge < -0.3 is 15.9 Å². The van der Waals surface area contributed by atoms with E-state index in [0.29, 0.717) is 24.5 Å². The van der Waals surface area contributed by atoms with E-state index in [-0.39, 0.29) is 22.6 Å². The number of halogens is 2. The van der Waals surface area contributed by atoms with Gasteiger partial charge in [-0.1, -0.05) is 11.8 Å². The van der Waals surface area contributed by atoms with Crippen molar-refractivity contribution in [3.05, 3.63) is 24.3 Å². The summed E-state index contributed by atoms with van der Waals surface area (Å²) >= 11 is 1.04. The van der Waals surface area contributed by atoms with E-state index in [4.69, 9.17) is 5.84 Å². The summed E-state index contributed by atoms with van der Waals surface area (Å²) in [5.74, 6) is 5.86. The third-order valence-corrected chi connectivity index (χ3v) is 4.41. The molecule has 0 spiro atoms. The molecule has 3 amide bonds. The van der Waals surface area contributed by atoms with Crippen LogP contribution in [0.3, 0.4) is 0 Å². The van der Waals surface area contributed by atoms with Gasteiger partial charge in [0.05, 0.1) is 5.75 Å². The zero-order valence-electron chi connectivity index (χ0n) is 13.3. The Morgan fingerprint density at radius 2 is 2.08 bits per heavy atom. The first-order chi connectivity index (χ1) is 12.5. The van der Waals surface area contributed by atoms with Crippen LogP contribution in [0.5, 0.6) is 5.75 Å². The second-order valence-corrected chi connectivity index (χ2v) is 6.09. The van der Waals surface area contributed by atoms with E-state index in [1.165, 1.54) is 28.9 Å². The molecular weight excluding hydrogens is 370 g/mol. The van der Waals surface area contributed by atoms with Crippen molar-refractivity contribution in [2.75, 3.05) is 24.7 Å². The molecule has 1 aliphatic rings. The fraction of sp³-hybridized carbons (Fsp3) is 0.286. The molecule has 0 aliphatic carbocycles. The lowest BCUT2D eigenvalue weighted by Crippen LogP contribution is -2.35. The van der Waals surface area contributed by atoms with Crippen molar-refractivity contribution < 1.29 is 23.1 Å². The molecule has 1 saturated heterocycles. The lowest BCUT2D eigenvalue weighted by atomic mass is 10.2. The molecule has 0 radical (unpaired) electrons. The van der Waals surface area contributed by atoms with Gasteiger partial charge in [-0.2, -0.15) is 8.78 Å². The minimum Gasteiger partial charge on any atom is -0.435 e. The molecule has 3 rings (SSSR count). The van der Waals surface area contributed by atoms with Crippen molar-refractivity contribution in [1.82, 2.24) is 25.1 Å². The number of thioether (sulfide) groups is 1. The van der Waals surface area contributed by atoms with E-state index in [1.54, 1.807) is 0 Å². The van der Waals surface area contributed by atoms with Gasteiger partial charge >= 0.3 is 12.6 Å². The number of imide groups is 1. The van der Waals surface area contributed by atoms with Crippen LogP contribution in [0.25, 0.3) is 11.4 Å². The van der Waals surface area contributed by atoms with Crippen molar-refractivity contribution in [2.45, 2.75) is 11.8 Å². The maximum atomic E-state index is 12.2. The number of alkyl halides is 2. The molecule has 0 bridgehead atoms. The molecule has 138 valence electrons. The van der Waals surface area contributed by atoms with Gasteiger partial charge in [0.1, 0.15) is 5.75 Å². The molecule has 9 nitrogen and oxygen atoms in total. The molecule has 12 heteroatoms. The first-order valence-electron chi connectivity index (χ1n) is 7.42. The van der Waals surface area contributed by atoms with Gasteiger partial charge in [0.2, 0.25) is 11.1 Å². The molecule has 0 unspecified atom stereocenters. The Bertz CT molecular complexity index is 814. The smallest absolute Gasteiger partial charge is 0.387 e. The summed E-state index contributed by atoms with van der Waals surface area (Å²) in [6.45, 7) is -2.15. The molecule has 26 heavy (non-hydrogen) atoms. The third kappa shape index (κ3) is 3.85. The van der Waals surface area contributed by atoms with Crippen LogP contribution >= 0.6 is 11.8 Å². The molecule has 1 aliphatic heterocycles. The fourth-order valence-corrected chi connectivity index (χ4v) is 3.00. The van der Waals surface area contributed by atoms with Crippen molar-refractivity contribution in [1.29, 1.82) is 0 Å². The largest absolute Gasteiger partial charge is 0.435 e. The number of hydrogen-bond donors (Lipinski definition) is 2. The number of carbonyl (C=O) groups excluding carboxylic acids is 2. The standard InChI is InChI=1S/C14H14F2N6O3S/c15-12(16)25-9-3-1-8(2-4-9)11-19-20-14(22(11)17)26-7-10(23)21-6-5-18-13(21)24/h1-4,12H,5-7,17H2,(H,18,24). The monoisotopic (exact) mass is 384 g/mol. The van der Waals surface area contributed by atoms with E-state index in [2.05, 4.69) is 20.3 Å². The Balaban J connectivity index is 1.66. The summed E-state index contributed by atoms with van der Waals surface area (Å²) in [6.07, 6.45) is 0. The number of hydrogen-bond acceptors (Lipinski definition) is 7. The van der Waals surface area contributed by atoms with Gasteiger partial charge in [-0.15, -0.1) is 10.2 Å². The lowest BCUT2D eigenvalue weighted by molar-refractivity contribution is -0.124. The van der Waals surface area contributed by atoms with Gasteiger partial charge in [-0.3, -0.25) is 9.69 Å². The van der Waals surface area contributed by atoms with Gasteiger partial charge in [0.15, 0.2) is 5.82 Å². The number of nitrogens with two attached hydrogens (primary N) is 1. The highest BCUT2D eigenvalue weighted by atomic mass is 32.2. The Hall–Kier alpha value is -2.89. The number of ether oxygens (including phenoxy) is 1. The summed E-state index contributed by atoms with van der Waals surface area (Å²) in [7, 11) is 0. The highest BCUT2D eigenvalue weighted by Crippen LogP contribution is 2.24. The van der Waals surface area contributed by atoms with Crippen molar-refractivity contribution in [3.8, 4) is 17.1 Å². The molecule has 2 heterocycles. The number of amides is 3. The molecular formula is C14H14F2N6O3S. The number of rotatable bonds is 6. The Morgan fingerprint density at radius 3 is 2.69 bits per heavy atom. The predicted octanol–water partition coefficient (Wildman–Crippen LogP) is 0.904.